The Morgan fingerprint density at radius 1 is 1.00 bits per heavy atom. The van der Waals surface area contributed by atoms with Crippen LogP contribution in [-0.4, -0.2) is 30.1 Å². The summed E-state index contributed by atoms with van der Waals surface area (Å²) in [7, 11) is 0. The third-order valence-electron chi connectivity index (χ3n) is 4.80. The van der Waals surface area contributed by atoms with Gasteiger partial charge in [0, 0.05) is 24.3 Å². The van der Waals surface area contributed by atoms with Crippen molar-refractivity contribution >= 4 is 17.6 Å². The highest BCUT2D eigenvalue weighted by Gasteiger charge is 2.21. The summed E-state index contributed by atoms with van der Waals surface area (Å²) in [6.45, 7) is 1.96. The fourth-order valence-corrected chi connectivity index (χ4v) is 3.55. The topological polar surface area (TPSA) is 95.7 Å². The predicted octanol–water partition coefficient (Wildman–Crippen LogP) is 2.57. The number of nitrogens with zero attached hydrogens (tertiary/aromatic N) is 1. The first kappa shape index (κ1) is 17.9. The Morgan fingerprint density at radius 3 is 2.38 bits per heavy atom. The Balaban J connectivity index is 2.13. The van der Waals surface area contributed by atoms with Gasteiger partial charge in [-0.3, -0.25) is 10.2 Å². The van der Waals surface area contributed by atoms with E-state index in [1.807, 2.05) is 24.3 Å². The number of carboxylic acid groups (broad SMARTS) is 1. The summed E-state index contributed by atoms with van der Waals surface area (Å²) in [6, 6.07) is 13.1. The van der Waals surface area contributed by atoms with Gasteiger partial charge in [0.15, 0.2) is 0 Å². The van der Waals surface area contributed by atoms with E-state index in [1.165, 1.54) is 12.5 Å². The maximum atomic E-state index is 11.9. The third kappa shape index (κ3) is 3.70. The number of aromatic carboxylic acids is 1. The van der Waals surface area contributed by atoms with Gasteiger partial charge in [-0.05, 0) is 42.5 Å². The van der Waals surface area contributed by atoms with Gasteiger partial charge in [-0.1, -0.05) is 30.3 Å². The first-order valence-electron chi connectivity index (χ1n) is 8.81. The highest BCUT2D eigenvalue weighted by atomic mass is 16.4. The summed E-state index contributed by atoms with van der Waals surface area (Å²) in [5.41, 5.74) is 5.47. The molecule has 0 saturated carbocycles. The highest BCUT2D eigenvalue weighted by Crippen LogP contribution is 2.35. The standard InChI is InChI=1S/C20H23N3O3/c21-22-19(24)13-17-14(8-6-9-16(17)20(25)26)15-7-2-3-10-18(15)23-11-4-1-5-12-23/h2-3,6-10H,1,4-5,11-13,21H2,(H,22,24)(H,25,26). The molecular weight excluding hydrogens is 330 g/mol. The Kier molecular flexibility index (Phi) is 5.53. The van der Waals surface area contributed by atoms with Crippen LogP contribution in [-0.2, 0) is 11.2 Å². The number of amides is 1. The first-order chi connectivity index (χ1) is 12.6. The van der Waals surface area contributed by atoms with Crippen LogP contribution in [0, 0.1) is 0 Å². The second kappa shape index (κ2) is 8.01. The summed E-state index contributed by atoms with van der Waals surface area (Å²) in [5.74, 6) is 3.75. The van der Waals surface area contributed by atoms with Crippen molar-refractivity contribution in [3.05, 3.63) is 53.6 Å². The van der Waals surface area contributed by atoms with Crippen LogP contribution in [0.4, 0.5) is 5.69 Å². The molecule has 1 fully saturated rings. The molecule has 136 valence electrons. The van der Waals surface area contributed by atoms with Crippen molar-refractivity contribution in [3.63, 3.8) is 0 Å². The number of para-hydroxylation sites is 1. The SMILES string of the molecule is NNC(=O)Cc1c(C(=O)O)cccc1-c1ccccc1N1CCCCC1. The number of hydrogen-bond acceptors (Lipinski definition) is 4. The molecule has 1 aliphatic rings. The first-order valence-corrected chi connectivity index (χ1v) is 8.81. The van der Waals surface area contributed by atoms with Crippen molar-refractivity contribution in [3.8, 4) is 11.1 Å². The van der Waals surface area contributed by atoms with E-state index in [4.69, 9.17) is 5.84 Å². The Morgan fingerprint density at radius 2 is 1.69 bits per heavy atom. The molecule has 0 spiro atoms. The van der Waals surface area contributed by atoms with Gasteiger partial charge < -0.3 is 10.0 Å². The van der Waals surface area contributed by atoms with E-state index in [1.54, 1.807) is 6.07 Å². The van der Waals surface area contributed by atoms with Crippen LogP contribution in [0.15, 0.2) is 42.5 Å². The lowest BCUT2D eigenvalue weighted by atomic mass is 9.91. The molecule has 0 bridgehead atoms. The minimum absolute atomic E-state index is 0.0807. The minimum atomic E-state index is -1.05. The van der Waals surface area contributed by atoms with Crippen LogP contribution in [0.5, 0.6) is 0 Å². The summed E-state index contributed by atoms with van der Waals surface area (Å²) in [4.78, 5) is 25.9. The normalized spacial score (nSPS) is 14.1. The molecule has 3 rings (SSSR count). The molecule has 0 atom stereocenters. The Hall–Kier alpha value is -2.86. The Labute approximate surface area is 152 Å². The van der Waals surface area contributed by atoms with E-state index in [0.717, 1.165) is 42.7 Å². The van der Waals surface area contributed by atoms with Gasteiger partial charge >= 0.3 is 5.97 Å². The fourth-order valence-electron chi connectivity index (χ4n) is 3.55. The van der Waals surface area contributed by atoms with E-state index in [-0.39, 0.29) is 12.0 Å². The molecule has 1 amide bonds. The van der Waals surface area contributed by atoms with Crippen LogP contribution < -0.4 is 16.2 Å². The lowest BCUT2D eigenvalue weighted by molar-refractivity contribution is -0.120. The number of carbonyl (C=O) groups is 2. The molecule has 2 aromatic carbocycles. The zero-order valence-corrected chi connectivity index (χ0v) is 14.6. The van der Waals surface area contributed by atoms with Crippen molar-refractivity contribution in [1.82, 2.24) is 5.43 Å². The largest absolute Gasteiger partial charge is 0.478 e. The highest BCUT2D eigenvalue weighted by molar-refractivity contribution is 5.96. The number of hydrazine groups is 1. The molecule has 2 aromatic rings. The van der Waals surface area contributed by atoms with E-state index in [0.29, 0.717) is 5.56 Å². The molecule has 1 heterocycles. The quantitative estimate of drug-likeness (QED) is 0.436. The number of anilines is 1. The van der Waals surface area contributed by atoms with Crippen molar-refractivity contribution < 1.29 is 14.7 Å². The molecule has 6 heteroatoms. The molecule has 1 saturated heterocycles. The zero-order chi connectivity index (χ0) is 18.5. The van der Waals surface area contributed by atoms with E-state index < -0.39 is 11.9 Å². The number of carbonyl (C=O) groups excluding carboxylic acids is 1. The number of nitrogens with two attached hydrogens (primary N) is 1. The molecule has 0 aliphatic carbocycles. The summed E-state index contributed by atoms with van der Waals surface area (Å²) >= 11 is 0. The van der Waals surface area contributed by atoms with Crippen LogP contribution in [0.3, 0.4) is 0 Å². The van der Waals surface area contributed by atoms with Crippen LogP contribution in [0.2, 0.25) is 0 Å². The van der Waals surface area contributed by atoms with Crippen LogP contribution in [0.1, 0.15) is 35.2 Å². The van der Waals surface area contributed by atoms with Crippen molar-refractivity contribution in [2.75, 3.05) is 18.0 Å². The van der Waals surface area contributed by atoms with Crippen molar-refractivity contribution in [1.29, 1.82) is 0 Å². The molecule has 1 aliphatic heterocycles. The van der Waals surface area contributed by atoms with E-state index >= 15 is 0 Å². The smallest absolute Gasteiger partial charge is 0.335 e. The molecule has 6 nitrogen and oxygen atoms in total. The predicted molar refractivity (Wildman–Crippen MR) is 101 cm³/mol. The second-order valence-electron chi connectivity index (χ2n) is 6.45. The molecular formula is C20H23N3O3. The van der Waals surface area contributed by atoms with Crippen LogP contribution in [0.25, 0.3) is 11.1 Å². The fraction of sp³-hybridized carbons (Fsp3) is 0.300. The second-order valence-corrected chi connectivity index (χ2v) is 6.45. The van der Waals surface area contributed by atoms with E-state index in [2.05, 4.69) is 16.4 Å². The number of benzene rings is 2. The van der Waals surface area contributed by atoms with E-state index in [9.17, 15) is 14.7 Å². The van der Waals surface area contributed by atoms with Crippen molar-refractivity contribution in [2.24, 2.45) is 5.84 Å². The lowest BCUT2D eigenvalue weighted by Crippen LogP contribution is -2.32. The van der Waals surface area contributed by atoms with Gasteiger partial charge in [0.05, 0.1) is 12.0 Å². The van der Waals surface area contributed by atoms with Gasteiger partial charge in [0.1, 0.15) is 0 Å². The molecule has 0 unspecified atom stereocenters. The molecule has 0 radical (unpaired) electrons. The third-order valence-corrected chi connectivity index (χ3v) is 4.80. The maximum absolute atomic E-state index is 11.9. The van der Waals surface area contributed by atoms with Crippen LogP contribution >= 0.6 is 0 Å². The minimum Gasteiger partial charge on any atom is -0.478 e. The summed E-state index contributed by atoms with van der Waals surface area (Å²) < 4.78 is 0. The number of rotatable bonds is 5. The van der Waals surface area contributed by atoms with Gasteiger partial charge in [-0.2, -0.15) is 0 Å². The van der Waals surface area contributed by atoms with Crippen molar-refractivity contribution in [2.45, 2.75) is 25.7 Å². The van der Waals surface area contributed by atoms with Gasteiger partial charge in [-0.25, -0.2) is 10.6 Å². The molecule has 4 N–H and O–H groups in total. The molecule has 0 aromatic heterocycles. The monoisotopic (exact) mass is 353 g/mol. The number of carboxylic acids is 1. The number of piperidine rings is 1. The maximum Gasteiger partial charge on any atom is 0.335 e. The Bertz CT molecular complexity index is 814. The number of hydrogen-bond donors (Lipinski definition) is 3. The van der Waals surface area contributed by atoms with Gasteiger partial charge in [0.2, 0.25) is 5.91 Å². The lowest BCUT2D eigenvalue weighted by Gasteiger charge is -2.31. The summed E-state index contributed by atoms with van der Waals surface area (Å²) in [5, 5.41) is 9.57. The zero-order valence-electron chi connectivity index (χ0n) is 14.6. The molecule has 26 heavy (non-hydrogen) atoms. The number of nitrogens with one attached hydrogen (secondary N) is 1. The summed E-state index contributed by atoms with van der Waals surface area (Å²) in [6.07, 6.45) is 3.44. The van der Waals surface area contributed by atoms with Gasteiger partial charge in [-0.15, -0.1) is 0 Å². The van der Waals surface area contributed by atoms with Gasteiger partial charge in [0.25, 0.3) is 0 Å². The average Bonchev–Trinajstić information content (AvgIpc) is 2.68. The average molecular weight is 353 g/mol.